The van der Waals surface area contributed by atoms with Gasteiger partial charge in [-0.15, -0.1) is 0 Å². The molecule has 2 saturated heterocycles. The van der Waals surface area contributed by atoms with Crippen LogP contribution < -0.4 is 0 Å². The van der Waals surface area contributed by atoms with E-state index in [0.717, 1.165) is 0 Å². The van der Waals surface area contributed by atoms with Gasteiger partial charge in [-0.25, -0.2) is 17.3 Å². The third-order valence-corrected chi connectivity index (χ3v) is 6.80. The number of hydrogen-bond acceptors (Lipinski definition) is 3. The Morgan fingerprint density at radius 2 is 1.57 bits per heavy atom. The lowest BCUT2D eigenvalue weighted by atomic mass is 9.70. The van der Waals surface area contributed by atoms with Crippen LogP contribution in [-0.2, 0) is 20.5 Å². The fraction of sp³-hybridized carbons (Fsp3) is 1.00. The van der Waals surface area contributed by atoms with E-state index in [4.69, 9.17) is 9.47 Å². The van der Waals surface area contributed by atoms with Crippen molar-refractivity contribution in [3.63, 3.8) is 0 Å². The summed E-state index contributed by atoms with van der Waals surface area (Å²) in [5, 5.41) is 0. The number of ether oxygens (including phenoxy) is 2. The highest BCUT2D eigenvalue weighted by Crippen LogP contribution is 2.57. The monoisotopic (exact) mass is 323 g/mol. The molecule has 4 nitrogen and oxygen atoms in total. The van der Waals surface area contributed by atoms with Crippen LogP contribution in [0.5, 0.6) is 0 Å². The summed E-state index contributed by atoms with van der Waals surface area (Å²) in [4.78, 5) is 0. The predicted molar refractivity (Wildman–Crippen MR) is 75.4 cm³/mol. The summed E-state index contributed by atoms with van der Waals surface area (Å²) >= 11 is 0. The molecule has 1 aliphatic carbocycles. The van der Waals surface area contributed by atoms with Crippen LogP contribution >= 0.6 is 0 Å². The Hall–Kier alpha value is -0.110. The molecule has 0 radical (unpaired) electrons. The zero-order valence-electron chi connectivity index (χ0n) is 12.8. The maximum atomic E-state index is 14.3. The fourth-order valence-corrected chi connectivity index (χ4v) is 5.14. The van der Waals surface area contributed by atoms with E-state index in [1.807, 2.05) is 20.8 Å². The Bertz CT molecular complexity index is 448. The summed E-state index contributed by atoms with van der Waals surface area (Å²) in [5.74, 6) is -3.46. The molecule has 0 aromatic carbocycles. The lowest BCUT2D eigenvalue weighted by Gasteiger charge is -2.61. The first-order chi connectivity index (χ1) is 9.62. The summed E-state index contributed by atoms with van der Waals surface area (Å²) in [5.41, 5.74) is -1.29. The topological polar surface area (TPSA) is 38.8 Å². The van der Waals surface area contributed by atoms with E-state index in [9.17, 15) is 13.0 Å². The van der Waals surface area contributed by atoms with Gasteiger partial charge in [0.1, 0.15) is 11.0 Å². The Morgan fingerprint density at radius 1 is 1.05 bits per heavy atom. The molecule has 1 saturated carbocycles. The van der Waals surface area contributed by atoms with Gasteiger partial charge in [0.2, 0.25) is 0 Å². The molecule has 1 atom stereocenters. The van der Waals surface area contributed by atoms with Crippen LogP contribution in [0.25, 0.3) is 0 Å². The third kappa shape index (κ3) is 2.28. The first-order valence-electron chi connectivity index (χ1n) is 7.47. The molecule has 0 amide bonds. The van der Waals surface area contributed by atoms with E-state index < -0.39 is 39.5 Å². The molecule has 3 rings (SSSR count). The van der Waals surface area contributed by atoms with Crippen LogP contribution in [0, 0.1) is 0 Å². The minimum absolute atomic E-state index is 0.266. The lowest BCUT2D eigenvalue weighted by Crippen LogP contribution is -2.77. The Balaban J connectivity index is 1.80. The first-order valence-corrected chi connectivity index (χ1v) is 8.58. The van der Waals surface area contributed by atoms with Crippen molar-refractivity contribution in [1.82, 2.24) is 4.31 Å². The highest BCUT2D eigenvalue weighted by Gasteiger charge is 2.71. The molecule has 2 aliphatic heterocycles. The largest absolute Gasteiger partial charge is 0.348 e. The van der Waals surface area contributed by atoms with Gasteiger partial charge in [-0.2, -0.15) is 0 Å². The second kappa shape index (κ2) is 4.69. The molecular formula is C14H23F2NO3S. The van der Waals surface area contributed by atoms with E-state index in [1.165, 1.54) is 4.31 Å². The summed E-state index contributed by atoms with van der Waals surface area (Å²) in [6.07, 6.45) is 1.42. The lowest BCUT2D eigenvalue weighted by molar-refractivity contribution is -0.261. The quantitative estimate of drug-likeness (QED) is 0.744. The second-order valence-electron chi connectivity index (χ2n) is 7.24. The van der Waals surface area contributed by atoms with Crippen molar-refractivity contribution in [3.05, 3.63) is 0 Å². The molecule has 122 valence electrons. The van der Waals surface area contributed by atoms with Crippen LogP contribution in [0.1, 0.15) is 46.5 Å². The van der Waals surface area contributed by atoms with Crippen LogP contribution in [0.2, 0.25) is 0 Å². The number of alkyl halides is 2. The van der Waals surface area contributed by atoms with Crippen molar-refractivity contribution in [3.8, 4) is 0 Å². The van der Waals surface area contributed by atoms with Gasteiger partial charge in [-0.05, 0) is 33.6 Å². The van der Waals surface area contributed by atoms with E-state index in [2.05, 4.69) is 0 Å². The Labute approximate surface area is 126 Å². The Morgan fingerprint density at radius 3 is 2.00 bits per heavy atom. The molecule has 1 unspecified atom stereocenters. The maximum absolute atomic E-state index is 14.3. The maximum Gasteiger partial charge on any atom is 0.280 e. The number of rotatable bonds is 1. The van der Waals surface area contributed by atoms with Crippen molar-refractivity contribution in [2.45, 2.75) is 68.5 Å². The van der Waals surface area contributed by atoms with Crippen LogP contribution in [0.15, 0.2) is 0 Å². The molecule has 0 aromatic heterocycles. The van der Waals surface area contributed by atoms with Crippen molar-refractivity contribution < 1.29 is 22.5 Å². The van der Waals surface area contributed by atoms with Gasteiger partial charge in [0, 0.05) is 12.8 Å². The van der Waals surface area contributed by atoms with Crippen molar-refractivity contribution in [2.24, 2.45) is 0 Å². The van der Waals surface area contributed by atoms with Crippen molar-refractivity contribution in [2.75, 3.05) is 19.8 Å². The molecule has 7 heteroatoms. The SMILES string of the molecule is CC(C)(C)S(=O)N1CC(F)(F)C12CCC1(CC2)OCCO1. The van der Waals surface area contributed by atoms with Crippen molar-refractivity contribution in [1.29, 1.82) is 0 Å². The average Bonchev–Trinajstić information content (AvgIpc) is 2.83. The number of hydrogen-bond donors (Lipinski definition) is 0. The molecule has 2 spiro atoms. The zero-order chi connectivity index (χ0) is 15.5. The van der Waals surface area contributed by atoms with Crippen molar-refractivity contribution >= 4 is 11.0 Å². The summed E-state index contributed by atoms with van der Waals surface area (Å²) in [6.45, 7) is 6.11. The van der Waals surface area contributed by atoms with Crippen LogP contribution in [-0.4, -0.2) is 50.3 Å². The minimum atomic E-state index is -2.78. The molecule has 3 fully saturated rings. The summed E-state index contributed by atoms with van der Waals surface area (Å²) in [6, 6.07) is 0. The van der Waals surface area contributed by atoms with Gasteiger partial charge in [-0.1, -0.05) is 0 Å². The van der Waals surface area contributed by atoms with E-state index in [0.29, 0.717) is 26.1 Å². The van der Waals surface area contributed by atoms with Gasteiger partial charge >= 0.3 is 0 Å². The van der Waals surface area contributed by atoms with Gasteiger partial charge < -0.3 is 9.47 Å². The third-order valence-electron chi connectivity index (χ3n) is 4.88. The molecular weight excluding hydrogens is 300 g/mol. The predicted octanol–water partition coefficient (Wildman–Crippen LogP) is 2.46. The van der Waals surface area contributed by atoms with E-state index >= 15 is 0 Å². The highest BCUT2D eigenvalue weighted by molar-refractivity contribution is 7.84. The molecule has 21 heavy (non-hydrogen) atoms. The minimum Gasteiger partial charge on any atom is -0.348 e. The van der Waals surface area contributed by atoms with E-state index in [-0.39, 0.29) is 12.8 Å². The molecule has 2 heterocycles. The smallest absolute Gasteiger partial charge is 0.280 e. The normalized spacial score (nSPS) is 32.2. The number of nitrogens with zero attached hydrogens (tertiary/aromatic N) is 1. The second-order valence-corrected chi connectivity index (χ2v) is 9.41. The standard InChI is InChI=1S/C14H23F2NO3S/c1-11(2,3)21(18)17-10-14(15,16)12(17)4-6-13(7-5-12)19-8-9-20-13/h4-10H2,1-3H3. The van der Waals surface area contributed by atoms with Gasteiger partial charge in [0.25, 0.3) is 5.92 Å². The van der Waals surface area contributed by atoms with Crippen LogP contribution in [0.4, 0.5) is 8.78 Å². The molecule has 0 bridgehead atoms. The average molecular weight is 323 g/mol. The fourth-order valence-electron chi connectivity index (χ4n) is 3.56. The zero-order valence-corrected chi connectivity index (χ0v) is 13.6. The summed E-state index contributed by atoms with van der Waals surface area (Å²) in [7, 11) is -1.42. The highest BCUT2D eigenvalue weighted by atomic mass is 32.2. The van der Waals surface area contributed by atoms with Gasteiger partial charge in [0.05, 0.1) is 30.0 Å². The number of halogens is 2. The first kappa shape index (κ1) is 15.8. The van der Waals surface area contributed by atoms with Gasteiger partial charge in [-0.3, -0.25) is 0 Å². The molecule has 0 aromatic rings. The Kier molecular flexibility index (Phi) is 3.52. The molecule has 3 aliphatic rings. The summed E-state index contributed by atoms with van der Waals surface area (Å²) < 4.78 is 53.4. The van der Waals surface area contributed by atoms with Gasteiger partial charge in [0.15, 0.2) is 5.79 Å². The molecule has 0 N–H and O–H groups in total. The van der Waals surface area contributed by atoms with E-state index in [1.54, 1.807) is 0 Å². The van der Waals surface area contributed by atoms with Crippen LogP contribution in [0.3, 0.4) is 0 Å².